The molecule has 0 saturated carbocycles. The van der Waals surface area contributed by atoms with Crippen molar-refractivity contribution >= 4 is 52.1 Å². The summed E-state index contributed by atoms with van der Waals surface area (Å²) in [6, 6.07) is 22.3. The maximum atomic E-state index is 13.4. The van der Waals surface area contributed by atoms with Crippen molar-refractivity contribution in [3.63, 3.8) is 0 Å². The topological polar surface area (TPSA) is 95.2 Å². The Hall–Kier alpha value is -4.10. The highest BCUT2D eigenvalue weighted by atomic mass is 35.5. The van der Waals surface area contributed by atoms with Crippen molar-refractivity contribution in [1.29, 1.82) is 5.26 Å². The fraction of sp³-hybridized carbons (Fsp3) is 0.273. The molecule has 3 aromatic carbocycles. The molecular formula is C33H34Cl2N6O2S. The molecule has 11 heteroatoms. The molecule has 0 aliphatic carbocycles. The number of ether oxygens (including phenoxy) is 1. The number of imidazole rings is 1. The monoisotopic (exact) mass is 648 g/mol. The van der Waals surface area contributed by atoms with Crippen LogP contribution in [-0.2, 0) is 24.3 Å². The van der Waals surface area contributed by atoms with Gasteiger partial charge in [0.25, 0.3) is 0 Å². The third-order valence-corrected chi connectivity index (χ3v) is 8.39. The van der Waals surface area contributed by atoms with Crippen LogP contribution < -0.4 is 15.4 Å². The first-order valence-corrected chi connectivity index (χ1v) is 15.2. The lowest BCUT2D eigenvalue weighted by molar-refractivity contribution is -0.121. The van der Waals surface area contributed by atoms with Gasteiger partial charge in [-0.2, -0.15) is 5.26 Å². The largest absolute Gasteiger partial charge is 0.495 e. The number of nitrogens with zero attached hydrogens (tertiary/aromatic N) is 4. The maximum absolute atomic E-state index is 13.4. The number of thiocarbonyl (C=S) groups is 1. The van der Waals surface area contributed by atoms with Crippen molar-refractivity contribution in [2.24, 2.45) is 5.92 Å². The molecule has 0 spiro atoms. The molecule has 0 saturated heterocycles. The summed E-state index contributed by atoms with van der Waals surface area (Å²) in [5.41, 5.74) is 3.93. The zero-order valence-corrected chi connectivity index (χ0v) is 27.1. The van der Waals surface area contributed by atoms with E-state index >= 15 is 0 Å². The number of rotatable bonds is 12. The van der Waals surface area contributed by atoms with Crippen LogP contribution in [0.2, 0.25) is 10.0 Å². The first-order valence-electron chi connectivity index (χ1n) is 14.1. The highest BCUT2D eigenvalue weighted by Gasteiger charge is 2.24. The van der Waals surface area contributed by atoms with Gasteiger partial charge in [-0.1, -0.05) is 73.4 Å². The molecule has 4 rings (SSSR count). The number of hydrogen-bond donors (Lipinski definition) is 2. The highest BCUT2D eigenvalue weighted by molar-refractivity contribution is 7.80. The van der Waals surface area contributed by atoms with Crippen molar-refractivity contribution in [3.05, 3.63) is 112 Å². The Morgan fingerprint density at radius 2 is 1.86 bits per heavy atom. The van der Waals surface area contributed by atoms with Gasteiger partial charge < -0.3 is 24.8 Å². The van der Waals surface area contributed by atoms with E-state index in [4.69, 9.17) is 45.4 Å². The first kappa shape index (κ1) is 32.8. The number of nitrogens with one attached hydrogen (secondary N) is 2. The number of halogens is 2. The van der Waals surface area contributed by atoms with Crippen LogP contribution in [-0.4, -0.2) is 45.2 Å². The Kier molecular flexibility index (Phi) is 11.6. The van der Waals surface area contributed by atoms with Crippen LogP contribution in [0.25, 0.3) is 0 Å². The Morgan fingerprint density at radius 3 is 2.57 bits per heavy atom. The van der Waals surface area contributed by atoms with Gasteiger partial charge in [0.15, 0.2) is 5.11 Å². The maximum Gasteiger partial charge on any atom is 0.226 e. The van der Waals surface area contributed by atoms with Gasteiger partial charge >= 0.3 is 0 Å². The number of carbonyl (C=O) groups excluding carboxylic acids is 1. The lowest BCUT2D eigenvalue weighted by Gasteiger charge is -2.33. The second-order valence-corrected chi connectivity index (χ2v) is 11.8. The van der Waals surface area contributed by atoms with E-state index in [-0.39, 0.29) is 24.3 Å². The summed E-state index contributed by atoms with van der Waals surface area (Å²) in [5.74, 6) is 0.616. The molecule has 0 aliphatic rings. The lowest BCUT2D eigenvalue weighted by Crippen LogP contribution is -2.49. The van der Waals surface area contributed by atoms with Crippen molar-refractivity contribution in [3.8, 4) is 11.8 Å². The minimum Gasteiger partial charge on any atom is -0.495 e. The molecule has 4 aromatic rings. The molecule has 1 aromatic heterocycles. The number of amides is 1. The van der Waals surface area contributed by atoms with E-state index in [1.807, 2.05) is 58.0 Å². The molecule has 1 heterocycles. The van der Waals surface area contributed by atoms with Gasteiger partial charge in [0.2, 0.25) is 5.91 Å². The summed E-state index contributed by atoms with van der Waals surface area (Å²) in [6.45, 7) is 5.44. The molecule has 1 atom stereocenters. The van der Waals surface area contributed by atoms with E-state index in [1.54, 1.807) is 37.8 Å². The highest BCUT2D eigenvalue weighted by Crippen LogP contribution is 2.28. The van der Waals surface area contributed by atoms with Crippen LogP contribution in [0.4, 0.5) is 5.69 Å². The fourth-order valence-electron chi connectivity index (χ4n) is 4.64. The van der Waals surface area contributed by atoms with E-state index < -0.39 is 0 Å². The average molecular weight is 650 g/mol. The van der Waals surface area contributed by atoms with Gasteiger partial charge in [-0.25, -0.2) is 4.98 Å². The van der Waals surface area contributed by atoms with Crippen molar-refractivity contribution in [1.82, 2.24) is 19.8 Å². The van der Waals surface area contributed by atoms with Crippen LogP contribution in [0, 0.1) is 17.2 Å². The molecule has 0 radical (unpaired) electrons. The summed E-state index contributed by atoms with van der Waals surface area (Å²) in [4.78, 5) is 19.6. The molecule has 0 unspecified atom stereocenters. The summed E-state index contributed by atoms with van der Waals surface area (Å²) in [7, 11) is 1.60. The lowest BCUT2D eigenvalue weighted by atomic mass is 10.0. The number of nitriles is 1. The van der Waals surface area contributed by atoms with Crippen molar-refractivity contribution in [2.75, 3.05) is 19.0 Å². The third kappa shape index (κ3) is 8.73. The van der Waals surface area contributed by atoms with Gasteiger partial charge in [0.05, 0.1) is 47.2 Å². The van der Waals surface area contributed by atoms with Crippen LogP contribution >= 0.6 is 35.4 Å². The van der Waals surface area contributed by atoms with Gasteiger partial charge in [-0.3, -0.25) is 4.79 Å². The second-order valence-electron chi connectivity index (χ2n) is 10.6. The quantitative estimate of drug-likeness (QED) is 0.165. The van der Waals surface area contributed by atoms with E-state index in [0.717, 1.165) is 22.5 Å². The average Bonchev–Trinajstić information content (AvgIpc) is 3.44. The van der Waals surface area contributed by atoms with Crippen molar-refractivity contribution < 1.29 is 9.53 Å². The normalized spacial score (nSPS) is 11.5. The number of hydrogen-bond acceptors (Lipinski definition) is 5. The van der Waals surface area contributed by atoms with Crippen LogP contribution in [0.1, 0.15) is 36.2 Å². The molecule has 44 heavy (non-hydrogen) atoms. The predicted octanol–water partition coefficient (Wildman–Crippen LogP) is 6.70. The summed E-state index contributed by atoms with van der Waals surface area (Å²) >= 11 is 18.8. The Morgan fingerprint density at radius 1 is 1.11 bits per heavy atom. The van der Waals surface area contributed by atoms with E-state index in [0.29, 0.717) is 46.1 Å². The smallest absolute Gasteiger partial charge is 0.226 e. The number of methoxy groups -OCH3 is 1. The second kappa shape index (κ2) is 15.6. The molecule has 2 N–H and O–H groups in total. The standard InChI is InChI=1S/C33H34Cl2N6O2S/c1-22(2)29(38-31(42)15-26-17-37-21-41(26)18-24-13-11-23(16-36)12-14-24)20-40(19-25-7-6-8-27(34)32(25)35)33(44)39-28-9-4-5-10-30(28)43-3/h4-14,17,21-22,29H,15,18-20H2,1-3H3,(H,38,42)(H,39,44)/t29-/m1/s1. The summed E-state index contributed by atoms with van der Waals surface area (Å²) in [6.07, 6.45) is 3.57. The number of anilines is 1. The fourth-order valence-corrected chi connectivity index (χ4v) is 5.27. The van der Waals surface area contributed by atoms with Gasteiger partial charge in [-0.05, 0) is 59.6 Å². The Balaban J connectivity index is 1.50. The van der Waals surface area contributed by atoms with Gasteiger partial charge in [0, 0.05) is 37.6 Å². The molecule has 228 valence electrons. The minimum atomic E-state index is -0.243. The zero-order valence-electron chi connectivity index (χ0n) is 24.8. The van der Waals surface area contributed by atoms with Gasteiger partial charge in [-0.15, -0.1) is 0 Å². The first-order chi connectivity index (χ1) is 21.2. The predicted molar refractivity (Wildman–Crippen MR) is 179 cm³/mol. The molecule has 8 nitrogen and oxygen atoms in total. The minimum absolute atomic E-state index is 0.0916. The SMILES string of the molecule is COc1ccccc1NC(=S)N(Cc1cccc(Cl)c1Cl)C[C@@H](NC(=O)Cc1cncn1Cc1ccc(C#N)cc1)C(C)C. The number of aromatic nitrogens is 2. The van der Waals surface area contributed by atoms with Crippen LogP contribution in [0.5, 0.6) is 5.75 Å². The van der Waals surface area contributed by atoms with E-state index in [2.05, 4.69) is 35.5 Å². The van der Waals surface area contributed by atoms with Crippen LogP contribution in [0.15, 0.2) is 79.3 Å². The molecule has 1 amide bonds. The van der Waals surface area contributed by atoms with Crippen molar-refractivity contribution in [2.45, 2.75) is 39.4 Å². The molecule has 0 aliphatic heterocycles. The molecule has 0 bridgehead atoms. The number of benzene rings is 3. The number of para-hydroxylation sites is 2. The summed E-state index contributed by atoms with van der Waals surface area (Å²) in [5, 5.41) is 17.0. The number of carbonyl (C=O) groups is 1. The Bertz CT molecular complexity index is 1630. The zero-order chi connectivity index (χ0) is 31.6. The Labute approximate surface area is 273 Å². The molecule has 0 fully saturated rings. The van der Waals surface area contributed by atoms with E-state index in [1.165, 1.54) is 0 Å². The van der Waals surface area contributed by atoms with Crippen LogP contribution in [0.3, 0.4) is 0 Å². The summed E-state index contributed by atoms with van der Waals surface area (Å²) < 4.78 is 7.44. The third-order valence-electron chi connectivity index (χ3n) is 7.17. The molecular weight excluding hydrogens is 615 g/mol. The van der Waals surface area contributed by atoms with E-state index in [9.17, 15) is 4.79 Å². The van der Waals surface area contributed by atoms with Gasteiger partial charge in [0.1, 0.15) is 5.75 Å².